The minimum atomic E-state index is -0.162. The van der Waals surface area contributed by atoms with E-state index in [1.165, 1.54) is 6.07 Å². The lowest BCUT2D eigenvalue weighted by molar-refractivity contribution is 0.0702. The molecule has 0 unspecified atom stereocenters. The summed E-state index contributed by atoms with van der Waals surface area (Å²) in [6.07, 6.45) is 1.99. The molecule has 1 aliphatic carbocycles. The van der Waals surface area contributed by atoms with Crippen molar-refractivity contribution in [3.05, 3.63) is 21.9 Å². The molecule has 0 aliphatic heterocycles. The van der Waals surface area contributed by atoms with Crippen molar-refractivity contribution >= 4 is 29.1 Å². The van der Waals surface area contributed by atoms with Crippen molar-refractivity contribution in [3.63, 3.8) is 0 Å². The van der Waals surface area contributed by atoms with E-state index < -0.39 is 0 Å². The summed E-state index contributed by atoms with van der Waals surface area (Å²) in [6.45, 7) is 0.308. The van der Waals surface area contributed by atoms with Crippen LogP contribution in [0.4, 0.5) is 0 Å². The van der Waals surface area contributed by atoms with Crippen molar-refractivity contribution in [2.75, 3.05) is 13.2 Å². The number of halogens is 2. The lowest BCUT2D eigenvalue weighted by Gasteiger charge is -2.20. The number of carbonyl (C=O) groups is 1. The van der Waals surface area contributed by atoms with Gasteiger partial charge in [0.15, 0.2) is 0 Å². The molecule has 16 heavy (non-hydrogen) atoms. The van der Waals surface area contributed by atoms with Crippen LogP contribution in [0.3, 0.4) is 0 Å². The van der Waals surface area contributed by atoms with Gasteiger partial charge in [-0.2, -0.15) is 0 Å². The monoisotopic (exact) mass is 262 g/mol. The van der Waals surface area contributed by atoms with E-state index in [1.807, 2.05) is 0 Å². The second-order valence-corrected chi connectivity index (χ2v) is 4.58. The van der Waals surface area contributed by atoms with E-state index in [4.69, 9.17) is 28.3 Å². The van der Waals surface area contributed by atoms with Gasteiger partial charge in [0.25, 0.3) is 5.91 Å². The number of rotatable bonds is 4. The first-order chi connectivity index (χ1) is 7.63. The first-order valence-corrected chi connectivity index (χ1v) is 5.85. The van der Waals surface area contributed by atoms with Crippen LogP contribution in [-0.2, 0) is 0 Å². The predicted octanol–water partition coefficient (Wildman–Crippen LogP) is 1.92. The van der Waals surface area contributed by atoms with E-state index in [1.54, 1.807) is 4.90 Å². The summed E-state index contributed by atoms with van der Waals surface area (Å²) >= 11 is 11.5. The van der Waals surface area contributed by atoms with Gasteiger partial charge < -0.3 is 15.0 Å². The van der Waals surface area contributed by atoms with Crippen LogP contribution >= 0.6 is 23.2 Å². The molecule has 0 saturated heterocycles. The van der Waals surface area contributed by atoms with E-state index in [0.717, 1.165) is 12.8 Å². The van der Waals surface area contributed by atoms with Gasteiger partial charge in [0.2, 0.25) is 0 Å². The number of nitrogens with zero attached hydrogens (tertiary/aromatic N) is 1. The summed E-state index contributed by atoms with van der Waals surface area (Å²) in [5.41, 5.74) is 0.371. The van der Waals surface area contributed by atoms with Crippen LogP contribution in [0, 0.1) is 0 Å². The zero-order chi connectivity index (χ0) is 11.7. The average Bonchev–Trinajstić information content (AvgIpc) is 3.02. The number of aliphatic hydroxyl groups excluding tert-OH is 1. The largest absolute Gasteiger partial charge is 0.395 e. The Labute approximate surface area is 103 Å². The fourth-order valence-corrected chi connectivity index (χ4v) is 1.93. The molecule has 4 nitrogen and oxygen atoms in total. The van der Waals surface area contributed by atoms with Gasteiger partial charge in [-0.25, -0.2) is 0 Å². The van der Waals surface area contributed by atoms with Gasteiger partial charge >= 0.3 is 0 Å². The predicted molar refractivity (Wildman–Crippen MR) is 62.0 cm³/mol. The number of hydrogen-bond donors (Lipinski definition) is 2. The zero-order valence-corrected chi connectivity index (χ0v) is 10.1. The van der Waals surface area contributed by atoms with Gasteiger partial charge in [-0.1, -0.05) is 23.2 Å². The third kappa shape index (κ3) is 2.34. The zero-order valence-electron chi connectivity index (χ0n) is 8.54. The SMILES string of the molecule is O=C(c1cc(Cl)c(Cl)[nH]1)N(CCO)C1CC1. The first-order valence-electron chi connectivity index (χ1n) is 5.09. The lowest BCUT2D eigenvalue weighted by atomic mass is 10.3. The number of hydrogen-bond acceptors (Lipinski definition) is 2. The second kappa shape index (κ2) is 4.65. The molecule has 1 heterocycles. The maximum atomic E-state index is 12.0. The third-order valence-electron chi connectivity index (χ3n) is 2.54. The molecule has 1 amide bonds. The Bertz CT molecular complexity index is 382. The molecule has 88 valence electrons. The van der Waals surface area contributed by atoms with Gasteiger partial charge in [-0.05, 0) is 18.9 Å². The molecule has 1 saturated carbocycles. The number of H-pyrrole nitrogens is 1. The summed E-state index contributed by atoms with van der Waals surface area (Å²) in [4.78, 5) is 16.4. The Balaban J connectivity index is 2.15. The number of aromatic nitrogens is 1. The molecule has 0 bridgehead atoms. The van der Waals surface area contributed by atoms with Crippen molar-refractivity contribution < 1.29 is 9.90 Å². The fourth-order valence-electron chi connectivity index (χ4n) is 1.62. The topological polar surface area (TPSA) is 56.3 Å². The summed E-state index contributed by atoms with van der Waals surface area (Å²) in [6, 6.07) is 1.76. The van der Waals surface area contributed by atoms with E-state index in [9.17, 15) is 4.79 Å². The Morgan fingerprint density at radius 2 is 2.25 bits per heavy atom. The first kappa shape index (κ1) is 11.8. The molecule has 1 aromatic heterocycles. The Morgan fingerprint density at radius 1 is 1.56 bits per heavy atom. The third-order valence-corrected chi connectivity index (χ3v) is 3.24. The van der Waals surface area contributed by atoms with Crippen LogP contribution in [0.25, 0.3) is 0 Å². The lowest BCUT2D eigenvalue weighted by Crippen LogP contribution is -2.35. The molecule has 0 radical (unpaired) electrons. The van der Waals surface area contributed by atoms with Crippen molar-refractivity contribution in [2.24, 2.45) is 0 Å². The van der Waals surface area contributed by atoms with Gasteiger partial charge in [0.05, 0.1) is 11.6 Å². The van der Waals surface area contributed by atoms with E-state index >= 15 is 0 Å². The smallest absolute Gasteiger partial charge is 0.270 e. The number of aromatic amines is 1. The molecule has 6 heteroatoms. The van der Waals surface area contributed by atoms with Gasteiger partial charge in [-0.3, -0.25) is 4.79 Å². The van der Waals surface area contributed by atoms with E-state index in [2.05, 4.69) is 4.98 Å². The fraction of sp³-hybridized carbons (Fsp3) is 0.500. The van der Waals surface area contributed by atoms with Crippen molar-refractivity contribution in [1.82, 2.24) is 9.88 Å². The van der Waals surface area contributed by atoms with Crippen LogP contribution in [0.5, 0.6) is 0 Å². The molecular weight excluding hydrogens is 251 g/mol. The average molecular weight is 263 g/mol. The quantitative estimate of drug-likeness (QED) is 0.871. The number of aliphatic hydroxyl groups is 1. The number of amides is 1. The molecule has 1 aliphatic rings. The number of carbonyl (C=O) groups excluding carboxylic acids is 1. The van der Waals surface area contributed by atoms with Gasteiger partial charge in [0, 0.05) is 12.6 Å². The maximum Gasteiger partial charge on any atom is 0.270 e. The molecule has 0 atom stereocenters. The Kier molecular flexibility index (Phi) is 3.42. The maximum absolute atomic E-state index is 12.0. The Hall–Kier alpha value is -0.710. The van der Waals surface area contributed by atoms with Crippen LogP contribution in [0.2, 0.25) is 10.2 Å². The van der Waals surface area contributed by atoms with Gasteiger partial charge in [-0.15, -0.1) is 0 Å². The molecule has 1 fully saturated rings. The highest BCUT2D eigenvalue weighted by Crippen LogP contribution is 2.29. The van der Waals surface area contributed by atoms with Crippen molar-refractivity contribution in [3.8, 4) is 0 Å². The van der Waals surface area contributed by atoms with Crippen LogP contribution < -0.4 is 0 Å². The molecule has 0 aromatic carbocycles. The van der Waals surface area contributed by atoms with Crippen molar-refractivity contribution in [2.45, 2.75) is 18.9 Å². The Morgan fingerprint density at radius 3 is 2.69 bits per heavy atom. The highest BCUT2D eigenvalue weighted by atomic mass is 35.5. The molecule has 0 spiro atoms. The standard InChI is InChI=1S/C10H12Cl2N2O2/c11-7-5-8(13-9(7)12)10(16)14(3-4-15)6-1-2-6/h5-6,13,15H,1-4H2. The van der Waals surface area contributed by atoms with E-state index in [0.29, 0.717) is 17.3 Å². The summed E-state index contributed by atoms with van der Waals surface area (Å²) in [5, 5.41) is 9.52. The second-order valence-electron chi connectivity index (χ2n) is 3.80. The highest BCUT2D eigenvalue weighted by molar-refractivity contribution is 6.41. The minimum absolute atomic E-state index is 0.0373. The molecular formula is C10H12Cl2N2O2. The molecule has 2 rings (SSSR count). The number of nitrogens with one attached hydrogen (secondary N) is 1. The summed E-state index contributed by atoms with van der Waals surface area (Å²) in [5.74, 6) is -0.162. The van der Waals surface area contributed by atoms with Crippen molar-refractivity contribution in [1.29, 1.82) is 0 Å². The van der Waals surface area contributed by atoms with E-state index in [-0.39, 0.29) is 23.7 Å². The summed E-state index contributed by atoms with van der Waals surface area (Å²) in [7, 11) is 0. The molecule has 2 N–H and O–H groups in total. The molecule has 1 aromatic rings. The van der Waals surface area contributed by atoms with Crippen LogP contribution in [0.1, 0.15) is 23.3 Å². The summed E-state index contributed by atoms with van der Waals surface area (Å²) < 4.78 is 0. The normalized spacial score (nSPS) is 15.2. The minimum Gasteiger partial charge on any atom is -0.395 e. The van der Waals surface area contributed by atoms with Crippen LogP contribution in [0.15, 0.2) is 6.07 Å². The van der Waals surface area contributed by atoms with Crippen LogP contribution in [-0.4, -0.2) is 40.1 Å². The van der Waals surface area contributed by atoms with Gasteiger partial charge in [0.1, 0.15) is 10.8 Å². The highest BCUT2D eigenvalue weighted by Gasteiger charge is 2.33.